The number of ether oxygens (including phenoxy) is 3. The number of anilines is 1. The maximum absolute atomic E-state index is 9.36. The summed E-state index contributed by atoms with van der Waals surface area (Å²) in [5.74, 6) is 0.299. The molecule has 3 aliphatic rings. The fourth-order valence-corrected chi connectivity index (χ4v) is 3.61. The van der Waals surface area contributed by atoms with Crippen molar-refractivity contribution in [1.82, 2.24) is 0 Å². The van der Waals surface area contributed by atoms with E-state index in [-0.39, 0.29) is 5.41 Å². The van der Waals surface area contributed by atoms with E-state index in [0.717, 1.165) is 57.7 Å². The quantitative estimate of drug-likeness (QED) is 0.512. The van der Waals surface area contributed by atoms with Gasteiger partial charge in [-0.25, -0.2) is 0 Å². The lowest BCUT2D eigenvalue weighted by molar-refractivity contribution is 0.146. The molecule has 3 fully saturated rings. The van der Waals surface area contributed by atoms with Crippen molar-refractivity contribution in [1.29, 1.82) is 0 Å². The Morgan fingerprint density at radius 3 is 1.83 bits per heavy atom. The third-order valence-corrected chi connectivity index (χ3v) is 5.04. The lowest BCUT2D eigenvalue weighted by Gasteiger charge is -2.33. The summed E-state index contributed by atoms with van der Waals surface area (Å²) in [6.45, 7) is 3.63. The van der Waals surface area contributed by atoms with Gasteiger partial charge in [0.1, 0.15) is 5.75 Å². The number of phenols is 1. The fraction of sp³-hybridized carbons (Fsp3) is 0.667. The Labute approximate surface area is 136 Å². The van der Waals surface area contributed by atoms with Crippen LogP contribution in [-0.2, 0) is 14.2 Å². The molecule has 0 aromatic heterocycles. The smallest absolute Gasteiger partial charge is 0.115 e. The van der Waals surface area contributed by atoms with E-state index in [0.29, 0.717) is 24.1 Å². The van der Waals surface area contributed by atoms with Crippen LogP contribution in [-0.4, -0.2) is 49.8 Å². The Bertz CT molecular complexity index is 484. The van der Waals surface area contributed by atoms with Crippen molar-refractivity contribution >= 4 is 5.69 Å². The lowest BCUT2D eigenvalue weighted by Crippen LogP contribution is -2.30. The minimum atomic E-state index is 0.243. The highest BCUT2D eigenvalue weighted by Gasteiger charge is 2.45. The molecular formula is C18H25NO4. The van der Waals surface area contributed by atoms with Gasteiger partial charge in [0, 0.05) is 12.2 Å². The summed E-state index contributed by atoms with van der Waals surface area (Å²) in [4.78, 5) is 0. The summed E-state index contributed by atoms with van der Waals surface area (Å²) >= 11 is 0. The highest BCUT2D eigenvalue weighted by molar-refractivity contribution is 5.45. The standard InChI is InChI=1S/C18H25NO4/c20-14-3-1-13(2-4-14)19-6-5-18(7-15-10-21-15,8-16-11-22-16)9-17-12-23-17/h1-4,15-17,19-20H,5-12H2. The van der Waals surface area contributed by atoms with E-state index in [2.05, 4.69) is 5.32 Å². The molecule has 0 saturated carbocycles. The first kappa shape index (κ1) is 15.2. The first-order valence-electron chi connectivity index (χ1n) is 8.59. The van der Waals surface area contributed by atoms with E-state index >= 15 is 0 Å². The Kier molecular flexibility index (Phi) is 4.18. The van der Waals surface area contributed by atoms with E-state index in [9.17, 15) is 5.11 Å². The number of epoxide rings is 3. The van der Waals surface area contributed by atoms with Crippen LogP contribution in [0.3, 0.4) is 0 Å². The molecule has 0 spiro atoms. The molecule has 3 atom stereocenters. The number of benzene rings is 1. The van der Waals surface area contributed by atoms with Gasteiger partial charge in [0.05, 0.1) is 38.1 Å². The van der Waals surface area contributed by atoms with Crippen LogP contribution < -0.4 is 5.32 Å². The second kappa shape index (κ2) is 6.30. The van der Waals surface area contributed by atoms with E-state index < -0.39 is 0 Å². The van der Waals surface area contributed by atoms with E-state index in [1.165, 1.54) is 0 Å². The lowest BCUT2D eigenvalue weighted by atomic mass is 9.72. The van der Waals surface area contributed by atoms with Crippen LogP contribution in [0.5, 0.6) is 5.75 Å². The van der Waals surface area contributed by atoms with Crippen LogP contribution in [0.2, 0.25) is 0 Å². The van der Waals surface area contributed by atoms with Crippen molar-refractivity contribution < 1.29 is 19.3 Å². The minimum absolute atomic E-state index is 0.243. The molecule has 0 amide bonds. The van der Waals surface area contributed by atoms with Crippen LogP contribution in [0.1, 0.15) is 25.7 Å². The third kappa shape index (κ3) is 4.59. The van der Waals surface area contributed by atoms with Crippen molar-refractivity contribution in [3.05, 3.63) is 24.3 Å². The summed E-state index contributed by atoms with van der Waals surface area (Å²) in [5, 5.41) is 12.8. The molecule has 0 bridgehead atoms. The molecule has 1 aromatic rings. The highest BCUT2D eigenvalue weighted by Crippen LogP contribution is 2.46. The van der Waals surface area contributed by atoms with Gasteiger partial charge in [0.15, 0.2) is 0 Å². The van der Waals surface area contributed by atoms with Crippen molar-refractivity contribution in [3.8, 4) is 5.75 Å². The van der Waals surface area contributed by atoms with Crippen molar-refractivity contribution in [3.63, 3.8) is 0 Å². The maximum atomic E-state index is 9.36. The van der Waals surface area contributed by atoms with Gasteiger partial charge in [-0.2, -0.15) is 0 Å². The molecule has 3 heterocycles. The van der Waals surface area contributed by atoms with Crippen LogP contribution in [0.15, 0.2) is 24.3 Å². The van der Waals surface area contributed by atoms with Crippen LogP contribution in [0.4, 0.5) is 5.69 Å². The Hall–Kier alpha value is -1.30. The van der Waals surface area contributed by atoms with Crippen LogP contribution >= 0.6 is 0 Å². The number of nitrogens with one attached hydrogen (secondary N) is 1. The number of hydrogen-bond donors (Lipinski definition) is 2. The minimum Gasteiger partial charge on any atom is -0.508 e. The summed E-state index contributed by atoms with van der Waals surface area (Å²) in [5.41, 5.74) is 1.29. The monoisotopic (exact) mass is 319 g/mol. The summed E-state index contributed by atoms with van der Waals surface area (Å²) in [7, 11) is 0. The average Bonchev–Trinajstić information content (AvgIpc) is 3.34. The molecule has 126 valence electrons. The molecule has 23 heavy (non-hydrogen) atoms. The predicted octanol–water partition coefficient (Wildman–Crippen LogP) is 2.55. The normalized spacial score (nSPS) is 30.5. The number of phenolic OH excluding ortho intramolecular Hbond substituents is 1. The van der Waals surface area contributed by atoms with Crippen molar-refractivity contribution in [2.24, 2.45) is 5.41 Å². The zero-order valence-electron chi connectivity index (χ0n) is 13.4. The van der Waals surface area contributed by atoms with E-state index in [4.69, 9.17) is 14.2 Å². The molecular weight excluding hydrogens is 294 g/mol. The summed E-state index contributed by atoms with van der Waals surface area (Å²) < 4.78 is 16.5. The SMILES string of the molecule is Oc1ccc(NCCC(CC2CO2)(CC2CO2)CC2CO2)cc1. The van der Waals surface area contributed by atoms with Gasteiger partial charge in [-0.05, 0) is 55.4 Å². The molecule has 3 unspecified atom stereocenters. The number of hydrogen-bond acceptors (Lipinski definition) is 5. The Morgan fingerprint density at radius 1 is 0.913 bits per heavy atom. The molecule has 5 heteroatoms. The average molecular weight is 319 g/mol. The first-order valence-corrected chi connectivity index (χ1v) is 8.59. The third-order valence-electron chi connectivity index (χ3n) is 5.04. The molecule has 0 radical (unpaired) electrons. The Balaban J connectivity index is 1.37. The maximum Gasteiger partial charge on any atom is 0.115 e. The topological polar surface area (TPSA) is 69.8 Å². The molecule has 2 N–H and O–H groups in total. The van der Waals surface area contributed by atoms with Crippen molar-refractivity contribution in [2.45, 2.75) is 44.0 Å². The van der Waals surface area contributed by atoms with Crippen LogP contribution in [0.25, 0.3) is 0 Å². The molecule has 3 saturated heterocycles. The first-order chi connectivity index (χ1) is 11.2. The largest absolute Gasteiger partial charge is 0.508 e. The van der Waals surface area contributed by atoms with Gasteiger partial charge in [0.2, 0.25) is 0 Å². The predicted molar refractivity (Wildman–Crippen MR) is 86.7 cm³/mol. The van der Waals surface area contributed by atoms with Gasteiger partial charge in [0.25, 0.3) is 0 Å². The highest BCUT2D eigenvalue weighted by atomic mass is 16.6. The number of rotatable bonds is 10. The zero-order chi connectivity index (χ0) is 15.7. The van der Waals surface area contributed by atoms with E-state index in [1.807, 2.05) is 12.1 Å². The van der Waals surface area contributed by atoms with Gasteiger partial charge >= 0.3 is 0 Å². The van der Waals surface area contributed by atoms with Gasteiger partial charge in [-0.1, -0.05) is 0 Å². The second-order valence-electron chi connectivity index (χ2n) is 7.20. The summed E-state index contributed by atoms with van der Waals surface area (Å²) in [6, 6.07) is 7.25. The van der Waals surface area contributed by atoms with Gasteiger partial charge in [-0.15, -0.1) is 0 Å². The molecule has 4 rings (SSSR count). The molecule has 0 aliphatic carbocycles. The molecule has 5 nitrogen and oxygen atoms in total. The van der Waals surface area contributed by atoms with Crippen molar-refractivity contribution in [2.75, 3.05) is 31.7 Å². The van der Waals surface area contributed by atoms with Gasteiger partial charge < -0.3 is 24.6 Å². The van der Waals surface area contributed by atoms with Crippen LogP contribution in [0, 0.1) is 5.41 Å². The van der Waals surface area contributed by atoms with Gasteiger partial charge in [-0.3, -0.25) is 0 Å². The zero-order valence-corrected chi connectivity index (χ0v) is 13.4. The number of aromatic hydroxyl groups is 1. The molecule has 3 aliphatic heterocycles. The summed E-state index contributed by atoms with van der Waals surface area (Å²) in [6.07, 6.45) is 5.73. The second-order valence-corrected chi connectivity index (χ2v) is 7.20. The van der Waals surface area contributed by atoms with E-state index in [1.54, 1.807) is 12.1 Å². The molecule has 1 aromatic carbocycles. The fourth-order valence-electron chi connectivity index (χ4n) is 3.61. The Morgan fingerprint density at radius 2 is 1.39 bits per heavy atom.